The summed E-state index contributed by atoms with van der Waals surface area (Å²) in [5.74, 6) is -0.839. The van der Waals surface area contributed by atoms with Crippen molar-refractivity contribution in [2.75, 3.05) is 13.2 Å². The first kappa shape index (κ1) is 17.3. The molecule has 0 unspecified atom stereocenters. The molecule has 0 aromatic rings. The summed E-state index contributed by atoms with van der Waals surface area (Å²) in [6, 6.07) is -0.917. The molecule has 0 spiro atoms. The second-order valence-electron chi connectivity index (χ2n) is 6.58. The molecule has 1 heterocycles. The number of nitrogens with one attached hydrogen (secondary N) is 1. The summed E-state index contributed by atoms with van der Waals surface area (Å²) in [7, 11) is 0. The molecule has 20 heavy (non-hydrogen) atoms. The summed E-state index contributed by atoms with van der Waals surface area (Å²) < 4.78 is 0. The predicted octanol–water partition coefficient (Wildman–Crippen LogP) is -0.915. The van der Waals surface area contributed by atoms with E-state index in [-0.39, 0.29) is 5.91 Å². The summed E-state index contributed by atoms with van der Waals surface area (Å²) in [6.07, 6.45) is -0.762. The number of hydroxylamine groups is 2. The van der Waals surface area contributed by atoms with Crippen LogP contribution < -0.4 is 5.32 Å². The maximum atomic E-state index is 12.3. The first-order valence-electron chi connectivity index (χ1n) is 6.77. The van der Waals surface area contributed by atoms with Gasteiger partial charge in [0.05, 0.1) is 36.8 Å². The molecule has 7 nitrogen and oxygen atoms in total. The van der Waals surface area contributed by atoms with Crippen LogP contribution in [0.3, 0.4) is 0 Å². The topological polar surface area (TPSA) is 113 Å². The highest BCUT2D eigenvalue weighted by atomic mass is 16.5. The number of aliphatic hydroxyl groups excluding tert-OH is 3. The average molecular weight is 290 g/mol. The normalized spacial score (nSPS) is 28.1. The van der Waals surface area contributed by atoms with Crippen LogP contribution >= 0.6 is 0 Å². The van der Waals surface area contributed by atoms with Crippen LogP contribution in [-0.4, -0.2) is 67.9 Å². The number of rotatable bonds is 5. The summed E-state index contributed by atoms with van der Waals surface area (Å²) in [4.78, 5) is 12.3. The van der Waals surface area contributed by atoms with E-state index in [4.69, 9.17) is 10.2 Å². The Morgan fingerprint density at radius 1 is 1.30 bits per heavy atom. The molecule has 1 fully saturated rings. The Balaban J connectivity index is 2.82. The average Bonchev–Trinajstić information content (AvgIpc) is 2.55. The number of aliphatic hydroxyl groups is 3. The zero-order valence-electron chi connectivity index (χ0n) is 12.5. The van der Waals surface area contributed by atoms with Gasteiger partial charge in [0.25, 0.3) is 0 Å². The van der Waals surface area contributed by atoms with Crippen molar-refractivity contribution in [1.29, 1.82) is 0 Å². The van der Waals surface area contributed by atoms with Crippen LogP contribution in [0.2, 0.25) is 0 Å². The van der Waals surface area contributed by atoms with Crippen molar-refractivity contribution >= 4 is 5.91 Å². The van der Waals surface area contributed by atoms with E-state index in [1.54, 1.807) is 13.8 Å². The zero-order chi connectivity index (χ0) is 15.7. The number of nitrogens with zero attached hydrogens (tertiary/aromatic N) is 1. The molecule has 1 amide bonds. The highest BCUT2D eigenvalue weighted by molar-refractivity contribution is 5.81. The van der Waals surface area contributed by atoms with Crippen molar-refractivity contribution in [3.05, 3.63) is 0 Å². The minimum atomic E-state index is -1.22. The van der Waals surface area contributed by atoms with E-state index in [1.165, 1.54) is 5.06 Å². The lowest BCUT2D eigenvalue weighted by atomic mass is 9.86. The molecule has 1 rings (SSSR count). The standard InChI is InChI=1S/C13H26N2O5/c1-12(2)5-8(13(3,4)15(12)20)11(19)14-9(6-16)10(18)7-17/h8-10,16-18,20H,5-7H2,1-4H3,(H,14,19)/t8-,9-,10+/m1/s1. The van der Waals surface area contributed by atoms with Crippen LogP contribution in [0.25, 0.3) is 0 Å². The molecule has 0 bridgehead atoms. The maximum Gasteiger partial charge on any atom is 0.225 e. The van der Waals surface area contributed by atoms with E-state index >= 15 is 0 Å². The van der Waals surface area contributed by atoms with Crippen molar-refractivity contribution in [3.8, 4) is 0 Å². The van der Waals surface area contributed by atoms with Crippen molar-refractivity contribution in [1.82, 2.24) is 10.4 Å². The Morgan fingerprint density at radius 2 is 1.85 bits per heavy atom. The lowest BCUT2D eigenvalue weighted by molar-refractivity contribution is -0.197. The fraction of sp³-hybridized carbons (Fsp3) is 0.923. The van der Waals surface area contributed by atoms with Gasteiger partial charge >= 0.3 is 0 Å². The zero-order valence-corrected chi connectivity index (χ0v) is 12.5. The lowest BCUT2D eigenvalue weighted by Gasteiger charge is -2.35. The fourth-order valence-electron chi connectivity index (χ4n) is 2.85. The summed E-state index contributed by atoms with van der Waals surface area (Å²) >= 11 is 0. The van der Waals surface area contributed by atoms with Crippen LogP contribution in [0.5, 0.6) is 0 Å². The second kappa shape index (κ2) is 5.95. The van der Waals surface area contributed by atoms with E-state index in [1.807, 2.05) is 13.8 Å². The van der Waals surface area contributed by atoms with E-state index in [0.717, 1.165) is 0 Å². The Labute approximate surface area is 119 Å². The summed E-state index contributed by atoms with van der Waals surface area (Å²) in [5, 5.41) is 41.4. The van der Waals surface area contributed by atoms with Crippen LogP contribution in [0, 0.1) is 5.92 Å². The molecule has 5 N–H and O–H groups in total. The van der Waals surface area contributed by atoms with Crippen LogP contribution in [0.15, 0.2) is 0 Å². The molecule has 0 aromatic heterocycles. The third-order valence-corrected chi connectivity index (χ3v) is 4.17. The Hall–Kier alpha value is -0.730. The van der Waals surface area contributed by atoms with Crippen molar-refractivity contribution in [2.45, 2.75) is 57.3 Å². The van der Waals surface area contributed by atoms with E-state index < -0.39 is 42.4 Å². The molecule has 0 radical (unpaired) electrons. The van der Waals surface area contributed by atoms with Crippen molar-refractivity contribution in [3.63, 3.8) is 0 Å². The van der Waals surface area contributed by atoms with Crippen LogP contribution in [0.4, 0.5) is 0 Å². The highest BCUT2D eigenvalue weighted by Crippen LogP contribution is 2.43. The first-order chi connectivity index (χ1) is 9.07. The van der Waals surface area contributed by atoms with Gasteiger partial charge in [-0.25, -0.2) is 0 Å². The molecule has 0 aromatic carbocycles. The Bertz CT molecular complexity index is 359. The van der Waals surface area contributed by atoms with Gasteiger partial charge in [-0.15, -0.1) is 0 Å². The fourth-order valence-corrected chi connectivity index (χ4v) is 2.85. The Kier molecular flexibility index (Phi) is 5.15. The molecule has 118 valence electrons. The lowest BCUT2D eigenvalue weighted by Crippen LogP contribution is -2.53. The third-order valence-electron chi connectivity index (χ3n) is 4.17. The van der Waals surface area contributed by atoms with Gasteiger partial charge in [-0.1, -0.05) is 0 Å². The molecule has 1 saturated heterocycles. The largest absolute Gasteiger partial charge is 0.394 e. The van der Waals surface area contributed by atoms with Gasteiger partial charge in [0, 0.05) is 5.54 Å². The summed E-state index contributed by atoms with van der Waals surface area (Å²) in [6.45, 7) is 6.21. The molecule has 0 saturated carbocycles. The molecule has 0 aliphatic carbocycles. The van der Waals surface area contributed by atoms with Gasteiger partial charge < -0.3 is 25.8 Å². The molecule has 1 aliphatic rings. The van der Waals surface area contributed by atoms with E-state index in [9.17, 15) is 15.1 Å². The van der Waals surface area contributed by atoms with E-state index in [0.29, 0.717) is 6.42 Å². The van der Waals surface area contributed by atoms with E-state index in [2.05, 4.69) is 5.32 Å². The second-order valence-corrected chi connectivity index (χ2v) is 6.58. The number of hydrogen-bond acceptors (Lipinski definition) is 6. The van der Waals surface area contributed by atoms with Crippen molar-refractivity contribution in [2.24, 2.45) is 5.92 Å². The highest BCUT2D eigenvalue weighted by Gasteiger charge is 2.54. The quantitative estimate of drug-likeness (QED) is 0.448. The van der Waals surface area contributed by atoms with Gasteiger partial charge in [0.15, 0.2) is 0 Å². The third kappa shape index (κ3) is 3.12. The van der Waals surface area contributed by atoms with Crippen LogP contribution in [-0.2, 0) is 4.79 Å². The van der Waals surface area contributed by atoms with Crippen LogP contribution in [0.1, 0.15) is 34.1 Å². The minimum Gasteiger partial charge on any atom is -0.394 e. The molecule has 3 atom stereocenters. The molecule has 1 aliphatic heterocycles. The Morgan fingerprint density at radius 3 is 2.20 bits per heavy atom. The summed E-state index contributed by atoms with van der Waals surface area (Å²) in [5.41, 5.74) is -1.28. The number of amides is 1. The SMILES string of the molecule is CC1(C)C[C@H](C(=O)N[C@H](CO)[C@@H](O)CO)C(C)(C)N1O. The minimum absolute atomic E-state index is 0.355. The van der Waals surface area contributed by atoms with Gasteiger partial charge in [-0.2, -0.15) is 5.06 Å². The maximum absolute atomic E-state index is 12.3. The number of hydrogen-bond donors (Lipinski definition) is 5. The number of carbonyl (C=O) groups is 1. The van der Waals surface area contributed by atoms with Gasteiger partial charge in [0.1, 0.15) is 0 Å². The van der Waals surface area contributed by atoms with Crippen molar-refractivity contribution < 1.29 is 25.3 Å². The van der Waals surface area contributed by atoms with Gasteiger partial charge in [-0.05, 0) is 34.1 Å². The molecule has 7 heteroatoms. The molecular weight excluding hydrogens is 264 g/mol. The predicted molar refractivity (Wildman–Crippen MR) is 72.0 cm³/mol. The number of carbonyl (C=O) groups excluding carboxylic acids is 1. The first-order valence-corrected chi connectivity index (χ1v) is 6.77. The monoisotopic (exact) mass is 290 g/mol. The molecular formula is C13H26N2O5. The van der Waals surface area contributed by atoms with Gasteiger partial charge in [-0.3, -0.25) is 4.79 Å². The smallest absolute Gasteiger partial charge is 0.225 e. The van der Waals surface area contributed by atoms with Gasteiger partial charge in [0.2, 0.25) is 5.91 Å².